The van der Waals surface area contributed by atoms with Gasteiger partial charge < -0.3 is 10.1 Å². The first-order valence-corrected chi connectivity index (χ1v) is 6.19. The average molecular weight is 263 g/mol. The Hall–Kier alpha value is -2.13. The van der Waals surface area contributed by atoms with Crippen molar-refractivity contribution < 1.29 is 9.66 Å². The molecule has 0 amide bonds. The monoisotopic (exact) mass is 263 g/mol. The van der Waals surface area contributed by atoms with E-state index in [0.29, 0.717) is 25.4 Å². The molecule has 1 aromatic carbocycles. The van der Waals surface area contributed by atoms with E-state index in [9.17, 15) is 10.1 Å². The van der Waals surface area contributed by atoms with Crippen molar-refractivity contribution in [2.75, 3.05) is 25.1 Å². The molecule has 0 aromatic heterocycles. The molecule has 0 aliphatic heterocycles. The van der Waals surface area contributed by atoms with E-state index in [0.717, 1.165) is 12.8 Å². The summed E-state index contributed by atoms with van der Waals surface area (Å²) in [7, 11) is 0. The number of unbranched alkanes of at least 4 members (excludes halogenated alkanes) is 1. The van der Waals surface area contributed by atoms with Crippen molar-refractivity contribution >= 4 is 11.4 Å². The highest BCUT2D eigenvalue weighted by molar-refractivity contribution is 5.68. The maximum atomic E-state index is 11.0. The molecule has 0 aliphatic rings. The van der Waals surface area contributed by atoms with E-state index in [1.54, 1.807) is 12.1 Å². The van der Waals surface area contributed by atoms with Crippen LogP contribution in [0.15, 0.2) is 18.2 Å². The van der Waals surface area contributed by atoms with E-state index in [-0.39, 0.29) is 11.3 Å². The zero-order valence-corrected chi connectivity index (χ0v) is 10.9. The Morgan fingerprint density at radius 2 is 2.26 bits per heavy atom. The highest BCUT2D eigenvalue weighted by Gasteiger charge is 2.18. The predicted octanol–water partition coefficient (Wildman–Crippen LogP) is 2.70. The Balaban J connectivity index is 2.59. The van der Waals surface area contributed by atoms with Crippen LogP contribution in [0.5, 0.6) is 0 Å². The van der Waals surface area contributed by atoms with Gasteiger partial charge in [0, 0.05) is 13.2 Å². The van der Waals surface area contributed by atoms with Gasteiger partial charge in [-0.3, -0.25) is 10.1 Å². The Bertz CT molecular complexity index is 469. The van der Waals surface area contributed by atoms with Gasteiger partial charge >= 0.3 is 5.69 Å². The number of hydrogen-bond acceptors (Lipinski definition) is 5. The molecule has 1 aromatic rings. The molecule has 0 unspecified atom stereocenters. The van der Waals surface area contributed by atoms with Crippen molar-refractivity contribution in [3.8, 4) is 6.07 Å². The topological polar surface area (TPSA) is 88.2 Å². The SMILES string of the molecule is CCCCOCCNc1cccc(C#N)c1[N+](=O)[O-]. The van der Waals surface area contributed by atoms with Crippen LogP contribution in [0.25, 0.3) is 0 Å². The predicted molar refractivity (Wildman–Crippen MR) is 72.0 cm³/mol. The Morgan fingerprint density at radius 1 is 1.47 bits per heavy atom. The maximum Gasteiger partial charge on any atom is 0.309 e. The molecular formula is C13H17N3O3. The Kier molecular flexibility index (Phi) is 6.33. The number of anilines is 1. The Labute approximate surface area is 112 Å². The quantitative estimate of drug-likeness (QED) is 0.442. The smallest absolute Gasteiger partial charge is 0.309 e. The molecule has 19 heavy (non-hydrogen) atoms. The molecule has 0 bridgehead atoms. The second kappa shape index (κ2) is 8.06. The molecule has 0 saturated carbocycles. The van der Waals surface area contributed by atoms with Crippen LogP contribution < -0.4 is 5.32 Å². The van der Waals surface area contributed by atoms with Gasteiger partial charge in [0.1, 0.15) is 17.3 Å². The van der Waals surface area contributed by atoms with Gasteiger partial charge in [0.25, 0.3) is 0 Å². The number of ether oxygens (including phenoxy) is 1. The Morgan fingerprint density at radius 3 is 2.89 bits per heavy atom. The number of nitro benzene ring substituents is 1. The fourth-order valence-electron chi connectivity index (χ4n) is 1.58. The van der Waals surface area contributed by atoms with Crippen LogP contribution in [0.2, 0.25) is 0 Å². The van der Waals surface area contributed by atoms with Crippen molar-refractivity contribution in [2.45, 2.75) is 19.8 Å². The number of nitriles is 1. The van der Waals surface area contributed by atoms with E-state index < -0.39 is 4.92 Å². The van der Waals surface area contributed by atoms with Crippen molar-refractivity contribution in [2.24, 2.45) is 0 Å². The van der Waals surface area contributed by atoms with E-state index in [2.05, 4.69) is 12.2 Å². The summed E-state index contributed by atoms with van der Waals surface area (Å²) in [5, 5.41) is 22.7. The first kappa shape index (κ1) is 14.9. The van der Waals surface area contributed by atoms with Gasteiger partial charge in [-0.25, -0.2) is 0 Å². The summed E-state index contributed by atoms with van der Waals surface area (Å²) < 4.78 is 5.36. The van der Waals surface area contributed by atoms with Gasteiger partial charge in [-0.05, 0) is 18.6 Å². The lowest BCUT2D eigenvalue weighted by Crippen LogP contribution is -2.11. The van der Waals surface area contributed by atoms with Gasteiger partial charge in [-0.1, -0.05) is 19.4 Å². The minimum atomic E-state index is -0.543. The molecule has 0 spiro atoms. The van der Waals surface area contributed by atoms with Crippen LogP contribution in [-0.4, -0.2) is 24.7 Å². The molecule has 102 valence electrons. The highest BCUT2D eigenvalue weighted by Crippen LogP contribution is 2.27. The second-order valence-electron chi connectivity index (χ2n) is 3.96. The molecule has 0 saturated heterocycles. The molecule has 0 fully saturated rings. The molecule has 6 nitrogen and oxygen atoms in total. The molecule has 0 aliphatic carbocycles. The van der Waals surface area contributed by atoms with E-state index >= 15 is 0 Å². The lowest BCUT2D eigenvalue weighted by Gasteiger charge is -2.08. The molecule has 0 radical (unpaired) electrons. The van der Waals surface area contributed by atoms with Crippen LogP contribution in [-0.2, 0) is 4.74 Å². The molecule has 6 heteroatoms. The number of hydrogen-bond donors (Lipinski definition) is 1. The van der Waals surface area contributed by atoms with Crippen LogP contribution in [0.3, 0.4) is 0 Å². The number of rotatable bonds is 8. The summed E-state index contributed by atoms with van der Waals surface area (Å²) in [6.45, 7) is 3.73. The number of nitrogens with zero attached hydrogens (tertiary/aromatic N) is 2. The minimum Gasteiger partial charge on any atom is -0.380 e. The van der Waals surface area contributed by atoms with Crippen LogP contribution >= 0.6 is 0 Å². The van der Waals surface area contributed by atoms with E-state index in [1.807, 2.05) is 6.07 Å². The molecular weight excluding hydrogens is 246 g/mol. The van der Waals surface area contributed by atoms with Gasteiger partial charge in [-0.2, -0.15) is 5.26 Å². The van der Waals surface area contributed by atoms with Crippen molar-refractivity contribution in [1.29, 1.82) is 5.26 Å². The third-order valence-electron chi connectivity index (χ3n) is 2.54. The van der Waals surface area contributed by atoms with Crippen molar-refractivity contribution in [1.82, 2.24) is 0 Å². The van der Waals surface area contributed by atoms with Gasteiger partial charge in [0.15, 0.2) is 0 Å². The number of nitrogens with one attached hydrogen (secondary N) is 1. The first-order valence-electron chi connectivity index (χ1n) is 6.19. The van der Waals surface area contributed by atoms with Crippen LogP contribution in [0, 0.1) is 21.4 Å². The lowest BCUT2D eigenvalue weighted by molar-refractivity contribution is -0.384. The zero-order valence-electron chi connectivity index (χ0n) is 10.9. The fraction of sp³-hybridized carbons (Fsp3) is 0.462. The summed E-state index contributed by atoms with van der Waals surface area (Å²) in [6.07, 6.45) is 2.08. The van der Waals surface area contributed by atoms with Crippen molar-refractivity contribution in [3.05, 3.63) is 33.9 Å². The fourth-order valence-corrected chi connectivity index (χ4v) is 1.58. The van der Waals surface area contributed by atoms with Gasteiger partial charge in [-0.15, -0.1) is 0 Å². The summed E-state index contributed by atoms with van der Waals surface area (Å²) in [4.78, 5) is 10.4. The first-order chi connectivity index (χ1) is 9.20. The molecule has 1 rings (SSSR count). The largest absolute Gasteiger partial charge is 0.380 e. The van der Waals surface area contributed by atoms with Gasteiger partial charge in [0.05, 0.1) is 11.5 Å². The van der Waals surface area contributed by atoms with Gasteiger partial charge in [0.2, 0.25) is 0 Å². The maximum absolute atomic E-state index is 11.0. The molecule has 1 N–H and O–H groups in total. The number of para-hydroxylation sites is 1. The second-order valence-corrected chi connectivity index (χ2v) is 3.96. The lowest BCUT2D eigenvalue weighted by atomic mass is 10.1. The zero-order chi connectivity index (χ0) is 14.1. The minimum absolute atomic E-state index is 0.0573. The molecule has 0 atom stereocenters. The summed E-state index contributed by atoms with van der Waals surface area (Å²) in [5.74, 6) is 0. The summed E-state index contributed by atoms with van der Waals surface area (Å²) >= 11 is 0. The third kappa shape index (κ3) is 4.56. The average Bonchev–Trinajstić information content (AvgIpc) is 2.42. The van der Waals surface area contributed by atoms with Crippen LogP contribution in [0.4, 0.5) is 11.4 Å². The van der Waals surface area contributed by atoms with E-state index in [4.69, 9.17) is 10.00 Å². The van der Waals surface area contributed by atoms with Crippen LogP contribution in [0.1, 0.15) is 25.3 Å². The standard InChI is InChI=1S/C13H17N3O3/c1-2-3-8-19-9-7-15-12-6-4-5-11(10-14)13(12)16(17)18/h4-6,15H,2-3,7-9H2,1H3. The van der Waals surface area contributed by atoms with E-state index in [1.165, 1.54) is 6.07 Å². The number of nitro groups is 1. The summed E-state index contributed by atoms with van der Waals surface area (Å²) in [6, 6.07) is 6.46. The third-order valence-corrected chi connectivity index (χ3v) is 2.54. The van der Waals surface area contributed by atoms with Crippen molar-refractivity contribution in [3.63, 3.8) is 0 Å². The number of benzene rings is 1. The normalized spacial score (nSPS) is 9.89. The molecule has 0 heterocycles. The highest BCUT2D eigenvalue weighted by atomic mass is 16.6. The summed E-state index contributed by atoms with van der Waals surface area (Å²) in [5.41, 5.74) is 0.226.